The van der Waals surface area contributed by atoms with E-state index in [9.17, 15) is 4.79 Å². The van der Waals surface area contributed by atoms with Crippen molar-refractivity contribution < 1.29 is 14.3 Å². The Labute approximate surface area is 117 Å². The van der Waals surface area contributed by atoms with Gasteiger partial charge in [0, 0.05) is 12.1 Å². The lowest BCUT2D eigenvalue weighted by atomic mass is 10.2. The number of carbonyl (C=O) groups is 1. The molecule has 1 heterocycles. The van der Waals surface area contributed by atoms with Gasteiger partial charge in [-0.05, 0) is 31.0 Å². The minimum atomic E-state index is -0.364. The van der Waals surface area contributed by atoms with E-state index in [0.717, 1.165) is 11.4 Å². The average Bonchev–Trinajstić information content (AvgIpc) is 3.23. The SMILES string of the molecule is COC(=O)c1ccc(OC)c(-n2cnc(C3CC3)c2)c1. The first-order valence-electron chi connectivity index (χ1n) is 6.53. The Morgan fingerprint density at radius 3 is 2.80 bits per heavy atom. The third kappa shape index (κ3) is 2.27. The largest absolute Gasteiger partial charge is 0.495 e. The van der Waals surface area contributed by atoms with Crippen LogP contribution in [-0.2, 0) is 4.74 Å². The molecular weight excluding hydrogens is 256 g/mol. The monoisotopic (exact) mass is 272 g/mol. The van der Waals surface area contributed by atoms with Crippen LogP contribution in [0.3, 0.4) is 0 Å². The van der Waals surface area contributed by atoms with Crippen LogP contribution < -0.4 is 4.74 Å². The zero-order valence-corrected chi connectivity index (χ0v) is 11.5. The first-order valence-corrected chi connectivity index (χ1v) is 6.53. The lowest BCUT2D eigenvalue weighted by molar-refractivity contribution is 0.0600. The Morgan fingerprint density at radius 1 is 1.35 bits per heavy atom. The van der Waals surface area contributed by atoms with Crippen LogP contribution >= 0.6 is 0 Å². The van der Waals surface area contributed by atoms with Crippen LogP contribution in [0, 0.1) is 0 Å². The van der Waals surface area contributed by atoms with Crippen LogP contribution in [0.25, 0.3) is 5.69 Å². The number of nitrogens with zero attached hydrogens (tertiary/aromatic N) is 2. The molecule has 5 heteroatoms. The predicted molar refractivity (Wildman–Crippen MR) is 73.4 cm³/mol. The summed E-state index contributed by atoms with van der Waals surface area (Å²) in [5, 5.41) is 0. The van der Waals surface area contributed by atoms with Crippen LogP contribution in [-0.4, -0.2) is 29.7 Å². The summed E-state index contributed by atoms with van der Waals surface area (Å²) < 4.78 is 12.0. The summed E-state index contributed by atoms with van der Waals surface area (Å²) in [6, 6.07) is 5.20. The van der Waals surface area contributed by atoms with Gasteiger partial charge in [0.2, 0.25) is 0 Å². The van der Waals surface area contributed by atoms with Crippen LogP contribution in [0.5, 0.6) is 5.75 Å². The molecule has 3 rings (SSSR count). The Kier molecular flexibility index (Phi) is 3.18. The highest BCUT2D eigenvalue weighted by Gasteiger charge is 2.26. The lowest BCUT2D eigenvalue weighted by Crippen LogP contribution is -2.04. The molecule has 104 valence electrons. The van der Waals surface area contributed by atoms with Crippen LogP contribution in [0.15, 0.2) is 30.7 Å². The second kappa shape index (κ2) is 5.00. The summed E-state index contributed by atoms with van der Waals surface area (Å²) in [5.74, 6) is 0.917. The van der Waals surface area contributed by atoms with Gasteiger partial charge in [0.25, 0.3) is 0 Å². The van der Waals surface area contributed by atoms with E-state index >= 15 is 0 Å². The molecular formula is C15H16N2O3. The van der Waals surface area contributed by atoms with Gasteiger partial charge in [-0.25, -0.2) is 9.78 Å². The molecule has 1 aliphatic rings. The minimum absolute atomic E-state index is 0.364. The number of aromatic nitrogens is 2. The van der Waals surface area contributed by atoms with Crippen LogP contribution in [0.1, 0.15) is 34.8 Å². The number of hydrogen-bond donors (Lipinski definition) is 0. The van der Waals surface area contributed by atoms with E-state index in [2.05, 4.69) is 4.98 Å². The molecule has 0 radical (unpaired) electrons. The quantitative estimate of drug-likeness (QED) is 0.803. The highest BCUT2D eigenvalue weighted by Crippen LogP contribution is 2.39. The Bertz CT molecular complexity index is 644. The standard InChI is InChI=1S/C15H16N2O3/c1-19-14-6-5-11(15(18)20-2)7-13(14)17-8-12(16-9-17)10-3-4-10/h5-10H,3-4H2,1-2H3. The molecule has 1 aromatic heterocycles. The van der Waals surface area contributed by atoms with E-state index in [4.69, 9.17) is 9.47 Å². The predicted octanol–water partition coefficient (Wildman–Crippen LogP) is 2.54. The number of carbonyl (C=O) groups excluding carboxylic acids is 1. The van der Waals surface area contributed by atoms with E-state index in [-0.39, 0.29) is 5.97 Å². The lowest BCUT2D eigenvalue weighted by Gasteiger charge is -2.10. The number of esters is 1. The number of imidazole rings is 1. The zero-order valence-electron chi connectivity index (χ0n) is 11.5. The number of methoxy groups -OCH3 is 2. The number of hydrogen-bond acceptors (Lipinski definition) is 4. The third-order valence-corrected chi connectivity index (χ3v) is 3.48. The molecule has 0 atom stereocenters. The molecule has 0 aliphatic heterocycles. The fourth-order valence-electron chi connectivity index (χ4n) is 2.20. The van der Waals surface area contributed by atoms with Crippen molar-refractivity contribution in [3.63, 3.8) is 0 Å². The van der Waals surface area contributed by atoms with Gasteiger partial charge in [0.1, 0.15) is 5.75 Å². The molecule has 0 spiro atoms. The molecule has 0 amide bonds. The fraction of sp³-hybridized carbons (Fsp3) is 0.333. The average molecular weight is 272 g/mol. The summed E-state index contributed by atoms with van der Waals surface area (Å²) in [7, 11) is 2.98. The van der Waals surface area contributed by atoms with E-state index < -0.39 is 0 Å². The smallest absolute Gasteiger partial charge is 0.337 e. The summed E-state index contributed by atoms with van der Waals surface area (Å²) in [6.45, 7) is 0. The molecule has 1 saturated carbocycles. The fourth-order valence-corrected chi connectivity index (χ4v) is 2.20. The Morgan fingerprint density at radius 2 is 2.15 bits per heavy atom. The summed E-state index contributed by atoms with van der Waals surface area (Å²) in [4.78, 5) is 16.0. The van der Waals surface area contributed by atoms with Gasteiger partial charge in [-0.1, -0.05) is 0 Å². The summed E-state index contributed by atoms with van der Waals surface area (Å²) >= 11 is 0. The molecule has 5 nitrogen and oxygen atoms in total. The van der Waals surface area contributed by atoms with Crippen LogP contribution in [0.4, 0.5) is 0 Å². The van der Waals surface area contributed by atoms with Crippen molar-refractivity contribution in [2.45, 2.75) is 18.8 Å². The first kappa shape index (κ1) is 12.7. The number of rotatable bonds is 4. The molecule has 0 N–H and O–H groups in total. The summed E-state index contributed by atoms with van der Waals surface area (Å²) in [5.41, 5.74) is 2.37. The van der Waals surface area contributed by atoms with E-state index in [1.54, 1.807) is 31.6 Å². The van der Waals surface area contributed by atoms with Crippen LogP contribution in [0.2, 0.25) is 0 Å². The second-order valence-electron chi connectivity index (χ2n) is 4.86. The molecule has 1 aliphatic carbocycles. The van der Waals surface area contributed by atoms with Gasteiger partial charge < -0.3 is 14.0 Å². The highest BCUT2D eigenvalue weighted by atomic mass is 16.5. The maximum Gasteiger partial charge on any atom is 0.337 e. The van der Waals surface area contributed by atoms with Crippen molar-refractivity contribution in [3.8, 4) is 11.4 Å². The van der Waals surface area contributed by atoms with Gasteiger partial charge >= 0.3 is 5.97 Å². The van der Waals surface area contributed by atoms with Crippen molar-refractivity contribution >= 4 is 5.97 Å². The van der Waals surface area contributed by atoms with Gasteiger partial charge in [-0.2, -0.15) is 0 Å². The molecule has 20 heavy (non-hydrogen) atoms. The molecule has 2 aromatic rings. The van der Waals surface area contributed by atoms with Crippen molar-refractivity contribution in [1.82, 2.24) is 9.55 Å². The normalized spacial score (nSPS) is 14.1. The zero-order chi connectivity index (χ0) is 14.1. The third-order valence-electron chi connectivity index (χ3n) is 3.48. The van der Waals surface area contributed by atoms with E-state index in [0.29, 0.717) is 17.2 Å². The molecule has 0 unspecified atom stereocenters. The number of benzene rings is 1. The Balaban J connectivity index is 2.02. The maximum absolute atomic E-state index is 11.6. The molecule has 0 saturated heterocycles. The van der Waals surface area contributed by atoms with Gasteiger partial charge in [0.05, 0.1) is 37.5 Å². The topological polar surface area (TPSA) is 53.4 Å². The second-order valence-corrected chi connectivity index (χ2v) is 4.86. The summed E-state index contributed by atoms with van der Waals surface area (Å²) in [6.07, 6.45) is 6.16. The molecule has 1 aromatic carbocycles. The molecule has 0 bridgehead atoms. The minimum Gasteiger partial charge on any atom is -0.495 e. The van der Waals surface area contributed by atoms with Gasteiger partial charge in [0.15, 0.2) is 0 Å². The van der Waals surface area contributed by atoms with Crippen molar-refractivity contribution in [2.75, 3.05) is 14.2 Å². The maximum atomic E-state index is 11.6. The Hall–Kier alpha value is -2.30. The van der Waals surface area contributed by atoms with E-state index in [1.807, 2.05) is 10.8 Å². The van der Waals surface area contributed by atoms with Gasteiger partial charge in [-0.3, -0.25) is 0 Å². The van der Waals surface area contributed by atoms with Crippen molar-refractivity contribution in [1.29, 1.82) is 0 Å². The first-order chi connectivity index (χ1) is 9.72. The molecule has 1 fully saturated rings. The number of ether oxygens (including phenoxy) is 2. The van der Waals surface area contributed by atoms with Crippen molar-refractivity contribution in [2.24, 2.45) is 0 Å². The highest BCUT2D eigenvalue weighted by molar-refractivity contribution is 5.90. The van der Waals surface area contributed by atoms with E-state index in [1.165, 1.54) is 20.0 Å². The van der Waals surface area contributed by atoms with Crippen molar-refractivity contribution in [3.05, 3.63) is 42.0 Å². The van der Waals surface area contributed by atoms with Gasteiger partial charge in [-0.15, -0.1) is 0 Å².